The largest absolute Gasteiger partial charge is 0.457 e. The molecular weight excluding hydrogens is 492 g/mol. The highest BCUT2D eigenvalue weighted by Gasteiger charge is 2.12. The fourth-order valence-corrected chi connectivity index (χ4v) is 4.20. The second kappa shape index (κ2) is 10.8. The maximum absolute atomic E-state index is 11.8. The Morgan fingerprint density at radius 2 is 1.90 bits per heavy atom. The van der Waals surface area contributed by atoms with Crippen molar-refractivity contribution in [3.8, 4) is 11.5 Å². The minimum absolute atomic E-state index is 0.115. The van der Waals surface area contributed by atoms with E-state index < -0.39 is 0 Å². The summed E-state index contributed by atoms with van der Waals surface area (Å²) in [6.07, 6.45) is 4.62. The van der Waals surface area contributed by atoms with Crippen LogP contribution in [0.4, 0.5) is 17.3 Å². The number of benzene rings is 2. The van der Waals surface area contributed by atoms with Gasteiger partial charge in [-0.2, -0.15) is 0 Å². The van der Waals surface area contributed by atoms with Crippen LogP contribution in [-0.2, 0) is 11.8 Å². The number of amides is 1. The Balaban J connectivity index is 1.33. The summed E-state index contributed by atoms with van der Waals surface area (Å²) in [6.45, 7) is 6.69. The van der Waals surface area contributed by atoms with E-state index in [1.165, 1.54) is 12.4 Å². The molecule has 2 aromatic carbocycles. The molecule has 0 saturated carbocycles. The summed E-state index contributed by atoms with van der Waals surface area (Å²) >= 11 is 0. The molecule has 0 bridgehead atoms. The Labute approximate surface area is 226 Å². The number of carbonyl (C=O) groups excluding carboxylic acids is 1. The molecule has 0 radical (unpaired) electrons. The van der Waals surface area contributed by atoms with Crippen molar-refractivity contribution in [3.05, 3.63) is 79.4 Å². The number of hydrogen-bond donors (Lipinski definition) is 1. The SMILES string of the molecule is C=CC(=O)N(C)CCN(C)c1ccc2ncnc(Nc3ccc(Oc4ccc5c(c4)ncn5C)c(C)c3)c2n1. The number of aromatic nitrogens is 5. The molecule has 0 aliphatic heterocycles. The molecular formula is C29H30N8O2. The fraction of sp³-hybridized carbons (Fsp3) is 0.207. The first-order chi connectivity index (χ1) is 18.8. The average molecular weight is 523 g/mol. The molecule has 10 nitrogen and oxygen atoms in total. The summed E-state index contributed by atoms with van der Waals surface area (Å²) in [7, 11) is 5.65. The van der Waals surface area contributed by atoms with Crippen LogP contribution in [0.5, 0.6) is 11.5 Å². The topological polar surface area (TPSA) is 101 Å². The van der Waals surface area contributed by atoms with E-state index >= 15 is 0 Å². The molecule has 0 unspecified atom stereocenters. The molecule has 0 aliphatic rings. The predicted molar refractivity (Wildman–Crippen MR) is 154 cm³/mol. The van der Waals surface area contributed by atoms with Gasteiger partial charge in [0.25, 0.3) is 0 Å². The number of nitrogens with one attached hydrogen (secondary N) is 1. The van der Waals surface area contributed by atoms with E-state index in [4.69, 9.17) is 9.72 Å². The monoisotopic (exact) mass is 522 g/mol. The van der Waals surface area contributed by atoms with Gasteiger partial charge < -0.3 is 24.4 Å². The van der Waals surface area contributed by atoms with Gasteiger partial charge in [-0.1, -0.05) is 6.58 Å². The highest BCUT2D eigenvalue weighted by atomic mass is 16.5. The molecule has 10 heteroatoms. The smallest absolute Gasteiger partial charge is 0.245 e. The van der Waals surface area contributed by atoms with Crippen molar-refractivity contribution in [3.63, 3.8) is 0 Å². The first kappa shape index (κ1) is 25.7. The van der Waals surface area contributed by atoms with Crippen LogP contribution in [0.2, 0.25) is 0 Å². The first-order valence-corrected chi connectivity index (χ1v) is 12.5. The van der Waals surface area contributed by atoms with E-state index in [1.807, 2.05) is 79.0 Å². The molecule has 1 N–H and O–H groups in total. The van der Waals surface area contributed by atoms with Gasteiger partial charge in [0.15, 0.2) is 5.82 Å². The average Bonchev–Trinajstić information content (AvgIpc) is 3.32. The lowest BCUT2D eigenvalue weighted by Gasteiger charge is -2.22. The molecule has 0 spiro atoms. The summed E-state index contributed by atoms with van der Waals surface area (Å²) in [5, 5.41) is 3.38. The number of rotatable bonds is 9. The second-order valence-electron chi connectivity index (χ2n) is 9.36. The van der Waals surface area contributed by atoms with Crippen molar-refractivity contribution in [2.75, 3.05) is 37.4 Å². The lowest BCUT2D eigenvalue weighted by Crippen LogP contribution is -2.34. The van der Waals surface area contributed by atoms with Gasteiger partial charge in [-0.25, -0.2) is 19.9 Å². The summed E-state index contributed by atoms with van der Waals surface area (Å²) < 4.78 is 8.13. The third kappa shape index (κ3) is 5.49. The third-order valence-corrected chi connectivity index (χ3v) is 6.54. The van der Waals surface area contributed by atoms with Gasteiger partial charge >= 0.3 is 0 Å². The van der Waals surface area contributed by atoms with E-state index in [1.54, 1.807) is 18.3 Å². The molecule has 3 heterocycles. The minimum Gasteiger partial charge on any atom is -0.457 e. The van der Waals surface area contributed by atoms with E-state index in [9.17, 15) is 4.79 Å². The molecule has 1 amide bonds. The number of pyridine rings is 1. The molecule has 198 valence electrons. The zero-order valence-corrected chi connectivity index (χ0v) is 22.4. The standard InChI is InChI=1S/C29H30N8O2/c1-6-27(38)36(4)14-13-35(3)26-12-9-22-28(34-26)29(31-17-30-22)33-20-7-11-25(19(2)15-20)39-21-8-10-24-23(16-21)32-18-37(24)5/h6-12,15-18H,1,13-14H2,2-5H3,(H,30,31,33). The van der Waals surface area contributed by atoms with E-state index in [0.717, 1.165) is 45.1 Å². The molecule has 5 aromatic rings. The molecule has 0 saturated heterocycles. The van der Waals surface area contributed by atoms with Gasteiger partial charge in [0.05, 0.1) is 22.9 Å². The van der Waals surface area contributed by atoms with Crippen molar-refractivity contribution in [1.82, 2.24) is 29.4 Å². The molecule has 0 atom stereocenters. The molecule has 39 heavy (non-hydrogen) atoms. The van der Waals surface area contributed by atoms with Crippen LogP contribution in [-0.4, -0.2) is 62.5 Å². The maximum Gasteiger partial charge on any atom is 0.245 e. The lowest BCUT2D eigenvalue weighted by molar-refractivity contribution is -0.124. The zero-order chi connectivity index (χ0) is 27.5. The van der Waals surface area contributed by atoms with Gasteiger partial charge in [-0.3, -0.25) is 4.79 Å². The number of likely N-dealkylation sites (N-methyl/N-ethyl adjacent to an activating group) is 2. The zero-order valence-electron chi connectivity index (χ0n) is 22.4. The molecule has 0 aliphatic carbocycles. The van der Waals surface area contributed by atoms with Crippen LogP contribution in [0.25, 0.3) is 22.1 Å². The van der Waals surface area contributed by atoms with Crippen LogP contribution < -0.4 is 15.0 Å². The molecule has 0 fully saturated rings. The van der Waals surface area contributed by atoms with Crippen LogP contribution in [0.1, 0.15) is 5.56 Å². The van der Waals surface area contributed by atoms with Gasteiger partial charge in [-0.05, 0) is 61.0 Å². The van der Waals surface area contributed by atoms with Crippen molar-refractivity contribution in [2.24, 2.45) is 7.05 Å². The highest BCUT2D eigenvalue weighted by molar-refractivity contribution is 5.88. The molecule has 5 rings (SSSR count). The van der Waals surface area contributed by atoms with Gasteiger partial charge in [-0.15, -0.1) is 0 Å². The number of imidazole rings is 1. The quantitative estimate of drug-likeness (QED) is 0.275. The predicted octanol–water partition coefficient (Wildman–Crippen LogP) is 4.84. The summed E-state index contributed by atoms with van der Waals surface area (Å²) in [4.78, 5) is 33.4. The number of aryl methyl sites for hydroxylation is 2. The Bertz CT molecular complexity index is 1680. The van der Waals surface area contributed by atoms with Gasteiger partial charge in [0.1, 0.15) is 29.2 Å². The summed E-state index contributed by atoms with van der Waals surface area (Å²) in [5.41, 5.74) is 5.13. The lowest BCUT2D eigenvalue weighted by atomic mass is 10.2. The Morgan fingerprint density at radius 1 is 1.05 bits per heavy atom. The number of carbonyl (C=O) groups is 1. The van der Waals surface area contributed by atoms with Crippen LogP contribution in [0.3, 0.4) is 0 Å². The summed E-state index contributed by atoms with van der Waals surface area (Å²) in [5.74, 6) is 2.72. The molecule has 3 aromatic heterocycles. The maximum atomic E-state index is 11.8. The number of nitrogens with zero attached hydrogens (tertiary/aromatic N) is 7. The third-order valence-electron chi connectivity index (χ3n) is 6.54. The van der Waals surface area contributed by atoms with E-state index in [-0.39, 0.29) is 5.91 Å². The van der Waals surface area contributed by atoms with Crippen molar-refractivity contribution < 1.29 is 9.53 Å². The minimum atomic E-state index is -0.115. The Kier molecular flexibility index (Phi) is 7.09. The van der Waals surface area contributed by atoms with Gasteiger partial charge in [0.2, 0.25) is 5.91 Å². The number of ether oxygens (including phenoxy) is 1. The van der Waals surface area contributed by atoms with E-state index in [2.05, 4.69) is 26.8 Å². The number of fused-ring (bicyclic) bond motifs is 2. The second-order valence-corrected chi connectivity index (χ2v) is 9.36. The normalized spacial score (nSPS) is 11.0. The Morgan fingerprint density at radius 3 is 2.69 bits per heavy atom. The highest BCUT2D eigenvalue weighted by Crippen LogP contribution is 2.31. The van der Waals surface area contributed by atoms with Crippen LogP contribution in [0, 0.1) is 6.92 Å². The van der Waals surface area contributed by atoms with Crippen molar-refractivity contribution in [1.29, 1.82) is 0 Å². The Hall–Kier alpha value is -4.99. The number of hydrogen-bond acceptors (Lipinski definition) is 8. The van der Waals surface area contributed by atoms with E-state index in [0.29, 0.717) is 24.4 Å². The van der Waals surface area contributed by atoms with Crippen molar-refractivity contribution in [2.45, 2.75) is 6.92 Å². The van der Waals surface area contributed by atoms with Gasteiger partial charge in [0, 0.05) is 46.0 Å². The first-order valence-electron chi connectivity index (χ1n) is 12.5. The number of anilines is 3. The van der Waals surface area contributed by atoms with Crippen molar-refractivity contribution >= 4 is 45.3 Å². The van der Waals surface area contributed by atoms with Crippen LogP contribution >= 0.6 is 0 Å². The van der Waals surface area contributed by atoms with Crippen LogP contribution in [0.15, 0.2) is 73.8 Å². The fourth-order valence-electron chi connectivity index (χ4n) is 4.20. The summed E-state index contributed by atoms with van der Waals surface area (Å²) in [6, 6.07) is 15.6.